The van der Waals surface area contributed by atoms with Crippen molar-refractivity contribution in [3.05, 3.63) is 0 Å². The number of carbonyl (C=O) groups is 2. The number of nitrogens with zero attached hydrogens (tertiary/aromatic N) is 1. The highest BCUT2D eigenvalue weighted by atomic mass is 16.6. The van der Waals surface area contributed by atoms with Crippen LogP contribution >= 0.6 is 0 Å². The van der Waals surface area contributed by atoms with E-state index in [1.807, 2.05) is 0 Å². The van der Waals surface area contributed by atoms with E-state index in [1.165, 1.54) is 32.1 Å². The second-order valence-corrected chi connectivity index (χ2v) is 5.16. The Kier molecular flexibility index (Phi) is 8.02. The minimum atomic E-state index is -0.631. The maximum Gasteiger partial charge on any atom is 0.418 e. The van der Waals surface area contributed by atoms with E-state index in [0.29, 0.717) is 12.5 Å². The minimum Gasteiger partial charge on any atom is -0.449 e. The number of ether oxygens (including phenoxy) is 1. The minimum absolute atomic E-state index is 0.175. The van der Waals surface area contributed by atoms with Gasteiger partial charge in [-0.3, -0.25) is 0 Å². The Labute approximate surface area is 121 Å². The average Bonchev–Trinajstić information content (AvgIpc) is 2.46. The van der Waals surface area contributed by atoms with Crippen LogP contribution in [0.5, 0.6) is 0 Å². The van der Waals surface area contributed by atoms with Crippen LogP contribution in [0.25, 0.3) is 0 Å². The van der Waals surface area contributed by atoms with Gasteiger partial charge in [0.2, 0.25) is 0 Å². The molecule has 1 rings (SSSR count). The van der Waals surface area contributed by atoms with Gasteiger partial charge in [0.15, 0.2) is 0 Å². The van der Waals surface area contributed by atoms with Gasteiger partial charge in [-0.15, -0.1) is 0 Å². The van der Waals surface area contributed by atoms with E-state index in [-0.39, 0.29) is 19.7 Å². The molecule has 20 heavy (non-hydrogen) atoms. The normalized spacial score (nSPS) is 15.7. The number of hydrogen-bond donors (Lipinski definition) is 2. The molecule has 116 valence electrons. The van der Waals surface area contributed by atoms with Crippen molar-refractivity contribution >= 4 is 12.1 Å². The number of carbonyl (C=O) groups excluding carboxylic acids is 2. The first kappa shape index (κ1) is 16.8. The van der Waals surface area contributed by atoms with Crippen molar-refractivity contribution < 1.29 is 14.3 Å². The molecule has 0 aromatic rings. The quantitative estimate of drug-likeness (QED) is 0.782. The zero-order valence-electron chi connectivity index (χ0n) is 12.4. The van der Waals surface area contributed by atoms with E-state index < -0.39 is 12.1 Å². The van der Waals surface area contributed by atoms with E-state index in [4.69, 9.17) is 10.5 Å². The van der Waals surface area contributed by atoms with Gasteiger partial charge in [0.25, 0.3) is 0 Å². The highest BCUT2D eigenvalue weighted by Crippen LogP contribution is 2.25. The summed E-state index contributed by atoms with van der Waals surface area (Å²) >= 11 is 0. The van der Waals surface area contributed by atoms with Crippen LogP contribution in [0, 0.1) is 5.92 Å². The molecule has 1 aliphatic rings. The van der Waals surface area contributed by atoms with Crippen LogP contribution in [0.2, 0.25) is 0 Å². The lowest BCUT2D eigenvalue weighted by molar-refractivity contribution is 0.115. The summed E-state index contributed by atoms with van der Waals surface area (Å²) in [5.41, 5.74) is 5.42. The molecular formula is C14H27N3O3. The lowest BCUT2D eigenvalue weighted by Gasteiger charge is -2.23. The van der Waals surface area contributed by atoms with Crippen LogP contribution < -0.4 is 11.1 Å². The smallest absolute Gasteiger partial charge is 0.418 e. The lowest BCUT2D eigenvalue weighted by atomic mass is 9.87. The van der Waals surface area contributed by atoms with Gasteiger partial charge < -0.3 is 15.8 Å². The zero-order valence-corrected chi connectivity index (χ0v) is 12.4. The van der Waals surface area contributed by atoms with Crippen molar-refractivity contribution in [2.75, 3.05) is 26.2 Å². The molecule has 0 aromatic carbocycles. The fraction of sp³-hybridized carbons (Fsp3) is 0.857. The molecule has 0 unspecified atom stereocenters. The second-order valence-electron chi connectivity index (χ2n) is 5.16. The summed E-state index contributed by atoms with van der Waals surface area (Å²) in [6.07, 6.45) is 6.76. The van der Waals surface area contributed by atoms with Gasteiger partial charge in [-0.25, -0.2) is 14.5 Å². The SMILES string of the molecule is CCOC(=O)N(CCN)C(=O)NCCC1CCCCC1. The highest BCUT2D eigenvalue weighted by Gasteiger charge is 2.22. The van der Waals surface area contributed by atoms with Crippen molar-refractivity contribution in [2.45, 2.75) is 45.4 Å². The summed E-state index contributed by atoms with van der Waals surface area (Å²) in [5, 5.41) is 2.78. The molecule has 0 atom stereocenters. The van der Waals surface area contributed by atoms with E-state index in [9.17, 15) is 9.59 Å². The van der Waals surface area contributed by atoms with E-state index in [2.05, 4.69) is 5.32 Å². The summed E-state index contributed by atoms with van der Waals surface area (Å²) in [7, 11) is 0. The number of rotatable bonds is 6. The molecule has 0 spiro atoms. The summed E-state index contributed by atoms with van der Waals surface area (Å²) in [4.78, 5) is 24.6. The van der Waals surface area contributed by atoms with Crippen molar-refractivity contribution in [1.29, 1.82) is 0 Å². The Hall–Kier alpha value is -1.30. The molecular weight excluding hydrogens is 258 g/mol. The predicted molar refractivity (Wildman–Crippen MR) is 77.4 cm³/mol. The van der Waals surface area contributed by atoms with Crippen LogP contribution in [0.4, 0.5) is 9.59 Å². The van der Waals surface area contributed by atoms with Crippen molar-refractivity contribution in [2.24, 2.45) is 11.7 Å². The van der Waals surface area contributed by atoms with Crippen LogP contribution in [0.3, 0.4) is 0 Å². The maximum atomic E-state index is 11.9. The number of nitrogens with two attached hydrogens (primary N) is 1. The van der Waals surface area contributed by atoms with Gasteiger partial charge in [0.1, 0.15) is 0 Å². The zero-order chi connectivity index (χ0) is 14.8. The Morgan fingerprint density at radius 1 is 1.30 bits per heavy atom. The summed E-state index contributed by atoms with van der Waals surface area (Å²) in [6.45, 7) is 2.96. The topological polar surface area (TPSA) is 84.7 Å². The predicted octanol–water partition coefficient (Wildman–Crippen LogP) is 2.08. The summed E-state index contributed by atoms with van der Waals surface area (Å²) in [5.74, 6) is 0.703. The first-order valence-corrected chi connectivity index (χ1v) is 7.61. The summed E-state index contributed by atoms with van der Waals surface area (Å²) in [6, 6.07) is -0.412. The number of hydrogen-bond acceptors (Lipinski definition) is 4. The number of imide groups is 1. The van der Waals surface area contributed by atoms with Gasteiger partial charge in [0.05, 0.1) is 6.61 Å². The molecule has 3 N–H and O–H groups in total. The van der Waals surface area contributed by atoms with Crippen LogP contribution in [-0.2, 0) is 4.74 Å². The van der Waals surface area contributed by atoms with Crippen molar-refractivity contribution in [1.82, 2.24) is 10.2 Å². The Bertz CT molecular complexity index is 304. The summed E-state index contributed by atoms with van der Waals surface area (Å²) < 4.78 is 4.84. The first-order chi connectivity index (χ1) is 9.69. The largest absolute Gasteiger partial charge is 0.449 e. The molecule has 3 amide bonds. The fourth-order valence-electron chi connectivity index (χ4n) is 2.56. The second kappa shape index (κ2) is 9.58. The molecule has 0 saturated heterocycles. The molecule has 0 bridgehead atoms. The molecule has 1 saturated carbocycles. The van der Waals surface area contributed by atoms with Crippen molar-refractivity contribution in [3.8, 4) is 0 Å². The van der Waals surface area contributed by atoms with E-state index in [1.54, 1.807) is 6.92 Å². The Balaban J connectivity index is 2.31. The molecule has 0 aromatic heterocycles. The lowest BCUT2D eigenvalue weighted by Crippen LogP contribution is -2.46. The molecule has 6 nitrogen and oxygen atoms in total. The fourth-order valence-corrected chi connectivity index (χ4v) is 2.56. The van der Waals surface area contributed by atoms with Gasteiger partial charge >= 0.3 is 12.1 Å². The molecule has 0 aliphatic heterocycles. The Morgan fingerprint density at radius 3 is 2.60 bits per heavy atom. The molecule has 0 radical (unpaired) electrons. The van der Waals surface area contributed by atoms with Crippen LogP contribution in [0.1, 0.15) is 45.4 Å². The third-order valence-corrected chi connectivity index (χ3v) is 3.64. The van der Waals surface area contributed by atoms with Gasteiger partial charge in [0, 0.05) is 19.6 Å². The molecule has 1 aliphatic carbocycles. The molecule has 6 heteroatoms. The van der Waals surface area contributed by atoms with Crippen molar-refractivity contribution in [3.63, 3.8) is 0 Å². The highest BCUT2D eigenvalue weighted by molar-refractivity contribution is 5.90. The Morgan fingerprint density at radius 2 is 2.00 bits per heavy atom. The number of urea groups is 1. The monoisotopic (exact) mass is 285 g/mol. The average molecular weight is 285 g/mol. The van der Waals surface area contributed by atoms with Crippen LogP contribution in [0.15, 0.2) is 0 Å². The number of nitrogens with one attached hydrogen (secondary N) is 1. The van der Waals surface area contributed by atoms with Gasteiger partial charge in [-0.05, 0) is 19.3 Å². The number of amides is 3. The first-order valence-electron chi connectivity index (χ1n) is 7.61. The third kappa shape index (κ3) is 5.77. The third-order valence-electron chi connectivity index (χ3n) is 3.64. The van der Waals surface area contributed by atoms with Crippen LogP contribution in [-0.4, -0.2) is 43.3 Å². The molecule has 1 fully saturated rings. The standard InChI is InChI=1S/C14H27N3O3/c1-2-20-14(19)17(11-9-15)13(18)16-10-8-12-6-4-3-5-7-12/h12H,2-11,15H2,1H3,(H,16,18). The van der Waals surface area contributed by atoms with E-state index in [0.717, 1.165) is 11.3 Å². The molecule has 0 heterocycles. The van der Waals surface area contributed by atoms with Gasteiger partial charge in [-0.1, -0.05) is 32.1 Å². The van der Waals surface area contributed by atoms with Gasteiger partial charge in [-0.2, -0.15) is 0 Å². The maximum absolute atomic E-state index is 11.9. The van der Waals surface area contributed by atoms with E-state index >= 15 is 0 Å².